The molecule has 0 aliphatic heterocycles. The molecule has 0 radical (unpaired) electrons. The maximum Gasteiger partial charge on any atom is 0.291 e. The molecule has 0 aromatic carbocycles. The average Bonchev–Trinajstić information content (AvgIpc) is 2.70. The number of nitrogens with one attached hydrogen (secondary N) is 2. The smallest absolute Gasteiger partial charge is 0.291 e. The maximum absolute atomic E-state index is 11.8. The van der Waals surface area contributed by atoms with Crippen LogP contribution in [0.25, 0.3) is 0 Å². The summed E-state index contributed by atoms with van der Waals surface area (Å²) >= 11 is 0. The molecule has 2 rings (SSSR count). The van der Waals surface area contributed by atoms with Gasteiger partial charge >= 0.3 is 0 Å². The normalized spacial score (nSPS) is 26.4. The Morgan fingerprint density at radius 3 is 2.76 bits per heavy atom. The predicted molar refractivity (Wildman–Crippen MR) is 61.6 cm³/mol. The van der Waals surface area contributed by atoms with E-state index in [-0.39, 0.29) is 29.3 Å². The van der Waals surface area contributed by atoms with Gasteiger partial charge in [0.05, 0.1) is 6.10 Å². The molecule has 6 heteroatoms. The molecule has 0 bridgehead atoms. The van der Waals surface area contributed by atoms with E-state index in [1.54, 1.807) is 14.0 Å². The lowest BCUT2D eigenvalue weighted by Gasteiger charge is -2.51. The Bertz CT molecular complexity index is 427. The van der Waals surface area contributed by atoms with Crippen molar-refractivity contribution < 1.29 is 9.53 Å². The van der Waals surface area contributed by atoms with Gasteiger partial charge in [-0.15, -0.1) is 5.10 Å². The molecule has 2 unspecified atom stereocenters. The molecule has 1 aliphatic carbocycles. The Hall–Kier alpha value is -1.43. The van der Waals surface area contributed by atoms with Gasteiger partial charge in [0.2, 0.25) is 5.82 Å². The maximum atomic E-state index is 11.8. The summed E-state index contributed by atoms with van der Waals surface area (Å²) in [6.07, 6.45) is 1.03. The van der Waals surface area contributed by atoms with Gasteiger partial charge in [-0.3, -0.25) is 9.89 Å². The molecular formula is C11H18N4O2. The fraction of sp³-hybridized carbons (Fsp3) is 0.727. The van der Waals surface area contributed by atoms with Gasteiger partial charge in [0.25, 0.3) is 5.91 Å². The molecule has 17 heavy (non-hydrogen) atoms. The van der Waals surface area contributed by atoms with Crippen LogP contribution in [0.3, 0.4) is 0 Å². The van der Waals surface area contributed by atoms with Crippen LogP contribution in [0.1, 0.15) is 36.7 Å². The van der Waals surface area contributed by atoms with Crippen molar-refractivity contribution in [1.29, 1.82) is 0 Å². The van der Waals surface area contributed by atoms with Crippen molar-refractivity contribution in [2.24, 2.45) is 5.41 Å². The fourth-order valence-corrected chi connectivity index (χ4v) is 2.20. The molecule has 1 amide bonds. The summed E-state index contributed by atoms with van der Waals surface area (Å²) in [7, 11) is 1.70. The van der Waals surface area contributed by atoms with Crippen LogP contribution in [0.15, 0.2) is 0 Å². The number of aromatic nitrogens is 3. The molecule has 2 atom stereocenters. The molecule has 1 aromatic heterocycles. The van der Waals surface area contributed by atoms with Crippen LogP contribution in [0.2, 0.25) is 0 Å². The van der Waals surface area contributed by atoms with Crippen LogP contribution in [-0.2, 0) is 4.74 Å². The zero-order chi connectivity index (χ0) is 12.6. The van der Waals surface area contributed by atoms with E-state index in [1.807, 2.05) is 0 Å². The van der Waals surface area contributed by atoms with Crippen LogP contribution in [-0.4, -0.2) is 40.3 Å². The third kappa shape index (κ3) is 2.04. The molecule has 1 aromatic rings. The number of hydrogen-bond donors (Lipinski definition) is 2. The Labute approximate surface area is 100 Å². The number of ether oxygens (including phenoxy) is 1. The highest BCUT2D eigenvalue weighted by atomic mass is 16.5. The standard InChI is InChI=1S/C11H18N4O2/c1-6-12-9(15-14-6)10(16)13-7-5-8(17-4)11(7,2)3/h7-8H,5H2,1-4H3,(H,13,16)(H,12,14,15). The van der Waals surface area contributed by atoms with E-state index < -0.39 is 0 Å². The summed E-state index contributed by atoms with van der Waals surface area (Å²) in [5.74, 6) is 0.596. The lowest BCUT2D eigenvalue weighted by atomic mass is 9.64. The topological polar surface area (TPSA) is 79.9 Å². The number of aryl methyl sites for hydroxylation is 1. The number of H-pyrrole nitrogens is 1. The number of hydrogen-bond acceptors (Lipinski definition) is 4. The molecule has 94 valence electrons. The van der Waals surface area contributed by atoms with Crippen LogP contribution in [0, 0.1) is 12.3 Å². The monoisotopic (exact) mass is 238 g/mol. The van der Waals surface area contributed by atoms with Crippen LogP contribution in [0.4, 0.5) is 0 Å². The Morgan fingerprint density at radius 2 is 2.29 bits per heavy atom. The van der Waals surface area contributed by atoms with Crippen molar-refractivity contribution in [2.75, 3.05) is 7.11 Å². The zero-order valence-corrected chi connectivity index (χ0v) is 10.6. The van der Waals surface area contributed by atoms with Crippen molar-refractivity contribution in [2.45, 2.75) is 39.3 Å². The summed E-state index contributed by atoms with van der Waals surface area (Å²) in [5, 5.41) is 9.42. The largest absolute Gasteiger partial charge is 0.381 e. The van der Waals surface area contributed by atoms with Crippen molar-refractivity contribution in [3.63, 3.8) is 0 Å². The van der Waals surface area contributed by atoms with Gasteiger partial charge in [0.15, 0.2) is 0 Å². The number of aromatic amines is 1. The van der Waals surface area contributed by atoms with Crippen molar-refractivity contribution in [1.82, 2.24) is 20.5 Å². The van der Waals surface area contributed by atoms with E-state index >= 15 is 0 Å². The van der Waals surface area contributed by atoms with E-state index in [1.165, 1.54) is 0 Å². The molecule has 1 heterocycles. The minimum Gasteiger partial charge on any atom is -0.381 e. The Kier molecular flexibility index (Phi) is 2.91. The van der Waals surface area contributed by atoms with E-state index in [0.29, 0.717) is 5.82 Å². The van der Waals surface area contributed by atoms with Gasteiger partial charge in [-0.05, 0) is 13.3 Å². The second kappa shape index (κ2) is 4.10. The number of rotatable bonds is 3. The van der Waals surface area contributed by atoms with Gasteiger partial charge in [0.1, 0.15) is 5.82 Å². The van der Waals surface area contributed by atoms with Gasteiger partial charge < -0.3 is 10.1 Å². The first kappa shape index (κ1) is 12.0. The third-order valence-electron chi connectivity index (χ3n) is 3.57. The first-order valence-corrected chi connectivity index (χ1v) is 5.68. The first-order chi connectivity index (χ1) is 7.95. The summed E-state index contributed by atoms with van der Waals surface area (Å²) in [5.41, 5.74) is -0.0459. The summed E-state index contributed by atoms with van der Waals surface area (Å²) in [6, 6.07) is 0.110. The van der Waals surface area contributed by atoms with E-state index in [4.69, 9.17) is 4.74 Å². The highest BCUT2D eigenvalue weighted by Crippen LogP contribution is 2.42. The van der Waals surface area contributed by atoms with Crippen LogP contribution < -0.4 is 5.32 Å². The van der Waals surface area contributed by atoms with Crippen LogP contribution >= 0.6 is 0 Å². The predicted octanol–water partition coefficient (Wildman–Crippen LogP) is 0.656. The molecular weight excluding hydrogens is 220 g/mol. The highest BCUT2D eigenvalue weighted by Gasteiger charge is 2.49. The van der Waals surface area contributed by atoms with Gasteiger partial charge in [-0.1, -0.05) is 13.8 Å². The van der Waals surface area contributed by atoms with E-state index in [9.17, 15) is 4.79 Å². The third-order valence-corrected chi connectivity index (χ3v) is 3.57. The summed E-state index contributed by atoms with van der Waals surface area (Å²) < 4.78 is 5.33. The number of carbonyl (C=O) groups is 1. The van der Waals surface area contributed by atoms with Gasteiger partial charge in [-0.25, -0.2) is 4.98 Å². The average molecular weight is 238 g/mol. The molecule has 6 nitrogen and oxygen atoms in total. The van der Waals surface area contributed by atoms with Gasteiger partial charge in [0, 0.05) is 18.6 Å². The molecule has 1 saturated carbocycles. The second-order valence-electron chi connectivity index (χ2n) is 5.05. The summed E-state index contributed by atoms with van der Waals surface area (Å²) in [6.45, 7) is 5.93. The zero-order valence-electron chi connectivity index (χ0n) is 10.6. The first-order valence-electron chi connectivity index (χ1n) is 5.68. The number of nitrogens with zero attached hydrogens (tertiary/aromatic N) is 2. The summed E-state index contributed by atoms with van der Waals surface area (Å²) in [4.78, 5) is 15.8. The quantitative estimate of drug-likeness (QED) is 0.810. The number of carbonyl (C=O) groups excluding carboxylic acids is 1. The van der Waals surface area contributed by atoms with Crippen molar-refractivity contribution >= 4 is 5.91 Å². The SMILES string of the molecule is COC1CC(NC(=O)c2n[nH]c(C)n2)C1(C)C. The van der Waals surface area contributed by atoms with Crippen LogP contribution in [0.5, 0.6) is 0 Å². The number of methoxy groups -OCH3 is 1. The minimum absolute atomic E-state index is 0.0459. The molecule has 1 aliphatic rings. The van der Waals surface area contributed by atoms with E-state index in [0.717, 1.165) is 6.42 Å². The fourth-order valence-electron chi connectivity index (χ4n) is 2.20. The lowest BCUT2D eigenvalue weighted by molar-refractivity contribution is -0.0943. The van der Waals surface area contributed by atoms with Crippen molar-refractivity contribution in [3.8, 4) is 0 Å². The lowest BCUT2D eigenvalue weighted by Crippen LogP contribution is -2.61. The van der Waals surface area contributed by atoms with Gasteiger partial charge in [-0.2, -0.15) is 0 Å². The highest BCUT2D eigenvalue weighted by molar-refractivity contribution is 5.90. The Balaban J connectivity index is 1.97. The van der Waals surface area contributed by atoms with Crippen molar-refractivity contribution in [3.05, 3.63) is 11.6 Å². The van der Waals surface area contributed by atoms with E-state index in [2.05, 4.69) is 34.3 Å². The molecule has 2 N–H and O–H groups in total. The minimum atomic E-state index is -0.234. The number of amides is 1. The second-order valence-corrected chi connectivity index (χ2v) is 5.05. The Morgan fingerprint density at radius 1 is 1.59 bits per heavy atom. The molecule has 1 fully saturated rings. The molecule has 0 spiro atoms. The molecule has 0 saturated heterocycles.